The first-order chi connectivity index (χ1) is 14.3. The van der Waals surface area contributed by atoms with Crippen molar-refractivity contribution in [2.45, 2.75) is 25.7 Å². The number of nitrogens with zero attached hydrogens (tertiary/aromatic N) is 1. The van der Waals surface area contributed by atoms with E-state index in [1.54, 1.807) is 0 Å². The topological polar surface area (TPSA) is 96.0 Å². The van der Waals surface area contributed by atoms with Crippen LogP contribution in [0.5, 0.6) is 0 Å². The highest BCUT2D eigenvalue weighted by atomic mass is 16.1. The second-order valence-corrected chi connectivity index (χ2v) is 7.86. The first-order valence-corrected chi connectivity index (χ1v) is 10.1. The van der Waals surface area contributed by atoms with Crippen LogP contribution in [0, 0.1) is 5.41 Å². The van der Waals surface area contributed by atoms with Gasteiger partial charge in [-0.3, -0.25) is 20.5 Å². The Balaban J connectivity index is 1.84. The third-order valence-electron chi connectivity index (χ3n) is 5.30. The average Bonchev–Trinajstić information content (AvgIpc) is 2.89. The number of benzene rings is 2. The predicted octanol–water partition coefficient (Wildman–Crippen LogP) is 3.56. The first kappa shape index (κ1) is 21.2. The summed E-state index contributed by atoms with van der Waals surface area (Å²) >= 11 is 0. The molecule has 0 radical (unpaired) electrons. The van der Waals surface area contributed by atoms with Crippen LogP contribution >= 0.6 is 0 Å². The monoisotopic (exact) mass is 401 g/mol. The lowest BCUT2D eigenvalue weighted by Gasteiger charge is -2.07. The van der Waals surface area contributed by atoms with Gasteiger partial charge in [-0.1, -0.05) is 48.0 Å². The van der Waals surface area contributed by atoms with E-state index in [2.05, 4.69) is 6.08 Å². The van der Waals surface area contributed by atoms with Gasteiger partial charge < -0.3 is 5.73 Å². The van der Waals surface area contributed by atoms with E-state index in [0.29, 0.717) is 24.2 Å². The molecule has 1 saturated carbocycles. The van der Waals surface area contributed by atoms with Gasteiger partial charge in [-0.05, 0) is 54.2 Å². The minimum absolute atomic E-state index is 0.0652. The van der Waals surface area contributed by atoms with Gasteiger partial charge >= 0.3 is 0 Å². The highest BCUT2D eigenvalue weighted by Gasteiger charge is 2.17. The summed E-state index contributed by atoms with van der Waals surface area (Å²) in [6.45, 7) is 0. The zero-order chi connectivity index (χ0) is 21.7. The Labute approximate surface area is 177 Å². The van der Waals surface area contributed by atoms with Gasteiger partial charge in [-0.25, -0.2) is 0 Å². The Morgan fingerprint density at radius 2 is 1.47 bits per heavy atom. The van der Waals surface area contributed by atoms with E-state index in [0.717, 1.165) is 35.1 Å². The normalized spacial score (nSPS) is 17.1. The lowest BCUT2D eigenvalue weighted by atomic mass is 9.98. The van der Waals surface area contributed by atoms with Crippen molar-refractivity contribution >= 4 is 29.6 Å². The van der Waals surface area contributed by atoms with E-state index in [9.17, 15) is 4.79 Å². The fourth-order valence-corrected chi connectivity index (χ4v) is 3.53. The maximum atomic E-state index is 12.6. The van der Waals surface area contributed by atoms with E-state index in [1.807, 2.05) is 73.3 Å². The Bertz CT molecular complexity index is 1040. The molecule has 1 aliphatic carbocycles. The van der Waals surface area contributed by atoms with Gasteiger partial charge in [0.1, 0.15) is 5.84 Å². The van der Waals surface area contributed by atoms with E-state index in [1.165, 1.54) is 5.57 Å². The summed E-state index contributed by atoms with van der Waals surface area (Å²) in [6.07, 6.45) is 7.14. The molecular formula is C25H29N4O+. The van der Waals surface area contributed by atoms with Gasteiger partial charge in [0.05, 0.1) is 19.7 Å². The Morgan fingerprint density at radius 1 is 0.900 bits per heavy atom. The largest absolute Gasteiger partial charge is 0.384 e. The SMILES string of the molecule is C[N+](C)=C(N)c1ccc(C=C2CC(=Cc3ccc(C(=N)N)cc3)CCCC2=O)cc1. The lowest BCUT2D eigenvalue weighted by molar-refractivity contribution is -0.464. The summed E-state index contributed by atoms with van der Waals surface area (Å²) in [4.78, 5) is 12.6. The number of allylic oxidation sites excluding steroid dienone is 2. The number of carbonyl (C=O) groups excluding carboxylic acids is 1. The van der Waals surface area contributed by atoms with Crippen molar-refractivity contribution in [2.24, 2.45) is 11.5 Å². The standard InChI is InChI=1S/C25H28N4O/c1-29(2)25(28)21-12-8-18(9-13-21)15-22-16-19(4-3-5-23(22)30)14-17-6-10-20(11-7-17)24(26)27/h6-15,28H,3-5,16H2,1-2H3,(H3,26,27)/p+1. The summed E-state index contributed by atoms with van der Waals surface area (Å²) < 4.78 is 1.88. The molecule has 3 rings (SSSR count). The van der Waals surface area contributed by atoms with Crippen LogP contribution in [0.15, 0.2) is 59.7 Å². The van der Waals surface area contributed by atoms with E-state index < -0.39 is 0 Å². The molecule has 0 spiro atoms. The van der Waals surface area contributed by atoms with Crippen molar-refractivity contribution in [3.63, 3.8) is 0 Å². The number of nitrogens with two attached hydrogens (primary N) is 2. The van der Waals surface area contributed by atoms with Gasteiger partial charge in [-0.2, -0.15) is 0 Å². The van der Waals surface area contributed by atoms with Crippen LogP contribution < -0.4 is 11.5 Å². The maximum Gasteiger partial charge on any atom is 0.274 e. The van der Waals surface area contributed by atoms with E-state index in [4.69, 9.17) is 16.9 Å². The highest BCUT2D eigenvalue weighted by molar-refractivity contribution is 6.00. The maximum absolute atomic E-state index is 12.6. The molecule has 1 fully saturated rings. The molecule has 154 valence electrons. The minimum atomic E-state index is 0.0652. The second kappa shape index (κ2) is 9.35. The fraction of sp³-hybridized carbons (Fsp3) is 0.240. The first-order valence-electron chi connectivity index (χ1n) is 10.1. The van der Waals surface area contributed by atoms with Crippen molar-refractivity contribution in [1.82, 2.24) is 0 Å². The number of rotatable bonds is 4. The van der Waals surface area contributed by atoms with E-state index >= 15 is 0 Å². The molecule has 5 N–H and O–H groups in total. The number of Topliss-reactive ketones (excluding diaryl/α,β-unsaturated/α-hetero) is 1. The molecule has 2 aromatic carbocycles. The Morgan fingerprint density at radius 3 is 2.03 bits per heavy atom. The van der Waals surface area contributed by atoms with Crippen LogP contribution in [-0.4, -0.2) is 36.1 Å². The van der Waals surface area contributed by atoms with Crippen molar-refractivity contribution in [1.29, 1.82) is 5.41 Å². The van der Waals surface area contributed by atoms with Gasteiger partial charge in [0.25, 0.3) is 5.84 Å². The minimum Gasteiger partial charge on any atom is -0.384 e. The predicted molar refractivity (Wildman–Crippen MR) is 124 cm³/mol. The molecular weight excluding hydrogens is 372 g/mol. The van der Waals surface area contributed by atoms with Crippen LogP contribution in [-0.2, 0) is 4.79 Å². The summed E-state index contributed by atoms with van der Waals surface area (Å²) in [6, 6.07) is 15.6. The second-order valence-electron chi connectivity index (χ2n) is 7.86. The van der Waals surface area contributed by atoms with Crippen molar-refractivity contribution in [2.75, 3.05) is 14.1 Å². The molecule has 0 aliphatic heterocycles. The highest BCUT2D eigenvalue weighted by Crippen LogP contribution is 2.28. The third kappa shape index (κ3) is 5.32. The van der Waals surface area contributed by atoms with Crippen molar-refractivity contribution < 1.29 is 9.37 Å². The van der Waals surface area contributed by atoms with E-state index in [-0.39, 0.29) is 11.6 Å². The van der Waals surface area contributed by atoms with Gasteiger partial charge in [0.2, 0.25) is 0 Å². The fourth-order valence-electron chi connectivity index (χ4n) is 3.53. The smallest absolute Gasteiger partial charge is 0.274 e. The Kier molecular flexibility index (Phi) is 6.62. The zero-order valence-corrected chi connectivity index (χ0v) is 17.6. The van der Waals surface area contributed by atoms with Crippen molar-refractivity contribution in [3.05, 3.63) is 81.9 Å². The van der Waals surface area contributed by atoms with Crippen LogP contribution in [0.25, 0.3) is 12.2 Å². The molecule has 30 heavy (non-hydrogen) atoms. The van der Waals surface area contributed by atoms with Crippen LogP contribution in [0.1, 0.15) is 47.9 Å². The van der Waals surface area contributed by atoms with Crippen LogP contribution in [0.4, 0.5) is 0 Å². The third-order valence-corrected chi connectivity index (χ3v) is 5.30. The van der Waals surface area contributed by atoms with Crippen LogP contribution in [0.3, 0.4) is 0 Å². The summed E-state index contributed by atoms with van der Waals surface area (Å²) in [5, 5.41) is 7.51. The number of carbonyl (C=O) groups is 1. The number of hydrogen-bond acceptors (Lipinski definition) is 2. The summed E-state index contributed by atoms with van der Waals surface area (Å²) in [7, 11) is 3.83. The molecule has 0 atom stereocenters. The molecule has 0 heterocycles. The number of nitrogen functional groups attached to an aromatic ring is 1. The van der Waals surface area contributed by atoms with Crippen LogP contribution in [0.2, 0.25) is 0 Å². The number of nitrogens with one attached hydrogen (secondary N) is 1. The van der Waals surface area contributed by atoms with Gasteiger partial charge in [-0.15, -0.1) is 0 Å². The zero-order valence-electron chi connectivity index (χ0n) is 17.6. The quantitative estimate of drug-likeness (QED) is 0.240. The molecule has 0 saturated heterocycles. The Hall–Kier alpha value is -3.47. The summed E-state index contributed by atoms with van der Waals surface area (Å²) in [5.41, 5.74) is 17.4. The van der Waals surface area contributed by atoms with Gasteiger partial charge in [0.15, 0.2) is 5.78 Å². The molecule has 0 amide bonds. The summed E-state index contributed by atoms with van der Waals surface area (Å²) in [5.74, 6) is 0.991. The van der Waals surface area contributed by atoms with Crippen molar-refractivity contribution in [3.8, 4) is 0 Å². The van der Waals surface area contributed by atoms with Gasteiger partial charge in [0, 0.05) is 12.0 Å². The molecule has 0 unspecified atom stereocenters. The molecule has 5 nitrogen and oxygen atoms in total. The molecule has 5 heteroatoms. The molecule has 2 aromatic rings. The number of amidine groups is 2. The molecule has 1 aliphatic rings. The molecule has 0 bridgehead atoms. The number of hydrogen-bond donors (Lipinski definition) is 3. The number of ketones is 1. The average molecular weight is 402 g/mol. The lowest BCUT2D eigenvalue weighted by Crippen LogP contribution is -2.23. The molecule has 0 aromatic heterocycles.